The van der Waals surface area contributed by atoms with Crippen LogP contribution in [0.15, 0.2) is 47.6 Å². The predicted octanol–water partition coefficient (Wildman–Crippen LogP) is 2.42. The van der Waals surface area contributed by atoms with Gasteiger partial charge in [-0.1, -0.05) is 17.7 Å². The van der Waals surface area contributed by atoms with Crippen molar-refractivity contribution >= 4 is 21.6 Å². The molecule has 1 aromatic carbocycles. The fourth-order valence-electron chi connectivity index (χ4n) is 2.98. The maximum Gasteiger partial charge on any atom is 0.243 e. The van der Waals surface area contributed by atoms with Gasteiger partial charge in [0.2, 0.25) is 10.0 Å². The van der Waals surface area contributed by atoms with E-state index in [1.807, 2.05) is 0 Å². The molecule has 0 amide bonds. The van der Waals surface area contributed by atoms with Gasteiger partial charge in [0.15, 0.2) is 0 Å². The van der Waals surface area contributed by atoms with E-state index in [0.717, 1.165) is 0 Å². The first kappa shape index (κ1) is 18.1. The molecule has 0 spiro atoms. The number of rotatable bonds is 4. The highest BCUT2D eigenvalue weighted by molar-refractivity contribution is 7.89. The van der Waals surface area contributed by atoms with Gasteiger partial charge >= 0.3 is 0 Å². The number of halogens is 1. The fraction of sp³-hybridized carbons (Fsp3) is 0.353. The van der Waals surface area contributed by atoms with Crippen LogP contribution in [-0.2, 0) is 15.6 Å². The van der Waals surface area contributed by atoms with E-state index in [1.165, 1.54) is 29.6 Å². The van der Waals surface area contributed by atoms with Crippen molar-refractivity contribution < 1.29 is 18.3 Å². The first-order chi connectivity index (χ1) is 11.9. The molecule has 2 aromatic rings. The van der Waals surface area contributed by atoms with E-state index in [9.17, 15) is 13.5 Å². The molecule has 0 saturated carbocycles. The number of piperidine rings is 1. The van der Waals surface area contributed by atoms with Crippen molar-refractivity contribution in [1.82, 2.24) is 9.29 Å². The van der Waals surface area contributed by atoms with Crippen LogP contribution in [0, 0.1) is 0 Å². The molecule has 0 bridgehead atoms. The van der Waals surface area contributed by atoms with Gasteiger partial charge in [-0.2, -0.15) is 4.31 Å². The van der Waals surface area contributed by atoms with Crippen molar-refractivity contribution in [2.24, 2.45) is 0 Å². The second kappa shape index (κ2) is 6.92. The number of sulfonamides is 1. The molecule has 1 fully saturated rings. The third kappa shape index (κ3) is 3.50. The Kier molecular flexibility index (Phi) is 5.02. The van der Waals surface area contributed by atoms with E-state index < -0.39 is 15.6 Å². The topological polar surface area (TPSA) is 79.7 Å². The molecule has 3 rings (SSSR count). The molecule has 1 aliphatic rings. The molecule has 2 heterocycles. The zero-order valence-corrected chi connectivity index (χ0v) is 15.3. The molecule has 6 nitrogen and oxygen atoms in total. The third-order valence-corrected chi connectivity index (χ3v) is 6.70. The summed E-state index contributed by atoms with van der Waals surface area (Å²) in [4.78, 5) is 4.14. The molecule has 0 aliphatic carbocycles. The van der Waals surface area contributed by atoms with Gasteiger partial charge in [0.05, 0.1) is 22.6 Å². The molecule has 134 valence electrons. The van der Waals surface area contributed by atoms with Crippen LogP contribution in [0.4, 0.5) is 0 Å². The minimum atomic E-state index is -3.68. The van der Waals surface area contributed by atoms with Crippen LogP contribution in [-0.4, -0.2) is 43.0 Å². The van der Waals surface area contributed by atoms with Crippen LogP contribution < -0.4 is 4.74 Å². The summed E-state index contributed by atoms with van der Waals surface area (Å²) in [7, 11) is -2.20. The summed E-state index contributed by atoms with van der Waals surface area (Å²) in [6.07, 6.45) is 3.87. The molecule has 0 unspecified atom stereocenters. The van der Waals surface area contributed by atoms with Gasteiger partial charge in [-0.05, 0) is 37.1 Å². The van der Waals surface area contributed by atoms with Crippen LogP contribution in [0.5, 0.6) is 5.75 Å². The Labute approximate surface area is 152 Å². The number of aliphatic hydroxyl groups is 1. The Morgan fingerprint density at radius 3 is 2.56 bits per heavy atom. The lowest BCUT2D eigenvalue weighted by Gasteiger charge is -2.37. The summed E-state index contributed by atoms with van der Waals surface area (Å²) in [6.45, 7) is 0.439. The van der Waals surface area contributed by atoms with Crippen LogP contribution in [0.2, 0.25) is 5.02 Å². The van der Waals surface area contributed by atoms with Crippen LogP contribution >= 0.6 is 11.6 Å². The Morgan fingerprint density at radius 2 is 2.00 bits per heavy atom. The molecule has 25 heavy (non-hydrogen) atoms. The fourth-order valence-corrected chi connectivity index (χ4v) is 4.77. The largest absolute Gasteiger partial charge is 0.495 e. The summed E-state index contributed by atoms with van der Waals surface area (Å²) in [5.74, 6) is 0.421. The number of nitrogens with zero attached hydrogens (tertiary/aromatic N) is 2. The number of benzene rings is 1. The van der Waals surface area contributed by atoms with Crippen molar-refractivity contribution in [1.29, 1.82) is 0 Å². The number of aromatic nitrogens is 1. The SMILES string of the molecule is COc1ccc(S(=O)(=O)N2CCC(O)(c3cccnc3)CC2)cc1Cl. The van der Waals surface area contributed by atoms with Gasteiger partial charge in [0.1, 0.15) is 5.75 Å². The Hall–Kier alpha value is -1.67. The zero-order valence-electron chi connectivity index (χ0n) is 13.7. The number of hydrogen-bond acceptors (Lipinski definition) is 5. The molecule has 1 N–H and O–H groups in total. The van der Waals surface area contributed by atoms with Gasteiger partial charge in [-0.3, -0.25) is 4.98 Å². The van der Waals surface area contributed by atoms with E-state index in [0.29, 0.717) is 24.2 Å². The van der Waals surface area contributed by atoms with E-state index >= 15 is 0 Å². The molecular formula is C17H19ClN2O4S. The molecular weight excluding hydrogens is 364 g/mol. The second-order valence-electron chi connectivity index (χ2n) is 5.97. The summed E-state index contributed by atoms with van der Waals surface area (Å²) < 4.78 is 32.1. The number of ether oxygens (including phenoxy) is 1. The van der Waals surface area contributed by atoms with Crippen LogP contribution in [0.1, 0.15) is 18.4 Å². The Bertz CT molecular complexity index is 850. The zero-order chi connectivity index (χ0) is 18.1. The summed E-state index contributed by atoms with van der Waals surface area (Å²) >= 11 is 6.04. The first-order valence-electron chi connectivity index (χ1n) is 7.83. The maximum atomic E-state index is 12.8. The van der Waals surface area contributed by atoms with Crippen molar-refractivity contribution in [3.05, 3.63) is 53.3 Å². The summed E-state index contributed by atoms with van der Waals surface area (Å²) in [5, 5.41) is 11.1. The van der Waals surface area contributed by atoms with Gasteiger partial charge in [-0.25, -0.2) is 8.42 Å². The molecule has 0 atom stereocenters. The van der Waals surface area contributed by atoms with Gasteiger partial charge in [-0.15, -0.1) is 0 Å². The second-order valence-corrected chi connectivity index (χ2v) is 8.32. The molecule has 8 heteroatoms. The van der Waals surface area contributed by atoms with Crippen molar-refractivity contribution in [2.45, 2.75) is 23.3 Å². The average molecular weight is 383 g/mol. The highest BCUT2D eigenvalue weighted by Gasteiger charge is 2.38. The standard InChI is InChI=1S/C17H19ClN2O4S/c1-24-16-5-4-14(11-15(16)18)25(22,23)20-9-6-17(21,7-10-20)13-3-2-8-19-12-13/h2-5,8,11-12,21H,6-7,9-10H2,1H3. The summed E-state index contributed by atoms with van der Waals surface area (Å²) in [6, 6.07) is 7.96. The maximum absolute atomic E-state index is 12.8. The van der Waals surface area contributed by atoms with Crippen LogP contribution in [0.3, 0.4) is 0 Å². The first-order valence-corrected chi connectivity index (χ1v) is 9.65. The predicted molar refractivity (Wildman–Crippen MR) is 94.1 cm³/mol. The van der Waals surface area contributed by atoms with E-state index in [1.54, 1.807) is 24.5 Å². The quantitative estimate of drug-likeness (QED) is 0.878. The highest BCUT2D eigenvalue weighted by Crippen LogP contribution is 2.35. The smallest absolute Gasteiger partial charge is 0.243 e. The third-order valence-electron chi connectivity index (χ3n) is 4.51. The van der Waals surface area contributed by atoms with Crippen molar-refractivity contribution in [3.63, 3.8) is 0 Å². The minimum absolute atomic E-state index is 0.116. The van der Waals surface area contributed by atoms with E-state index in [4.69, 9.17) is 16.3 Å². The van der Waals surface area contributed by atoms with Crippen LogP contribution in [0.25, 0.3) is 0 Å². The molecule has 1 saturated heterocycles. The van der Waals surface area contributed by atoms with E-state index in [2.05, 4.69) is 4.98 Å². The van der Waals surface area contributed by atoms with Gasteiger partial charge in [0, 0.05) is 31.0 Å². The van der Waals surface area contributed by atoms with Crippen molar-refractivity contribution in [2.75, 3.05) is 20.2 Å². The Balaban J connectivity index is 1.79. The molecule has 0 radical (unpaired) electrons. The number of methoxy groups -OCH3 is 1. The Morgan fingerprint density at radius 1 is 1.28 bits per heavy atom. The lowest BCUT2D eigenvalue weighted by atomic mass is 9.86. The summed E-state index contributed by atoms with van der Waals surface area (Å²) in [5.41, 5.74) is -0.350. The monoisotopic (exact) mass is 382 g/mol. The van der Waals surface area contributed by atoms with Gasteiger partial charge < -0.3 is 9.84 Å². The minimum Gasteiger partial charge on any atom is -0.495 e. The number of hydrogen-bond donors (Lipinski definition) is 1. The normalized spacial score (nSPS) is 18.0. The molecule has 1 aliphatic heterocycles. The van der Waals surface area contributed by atoms with Gasteiger partial charge in [0.25, 0.3) is 0 Å². The average Bonchev–Trinajstić information content (AvgIpc) is 2.63. The van der Waals surface area contributed by atoms with Crippen molar-refractivity contribution in [3.8, 4) is 5.75 Å². The van der Waals surface area contributed by atoms with E-state index in [-0.39, 0.29) is 23.0 Å². The number of pyridine rings is 1. The lowest BCUT2D eigenvalue weighted by Crippen LogP contribution is -2.45. The lowest BCUT2D eigenvalue weighted by molar-refractivity contribution is -0.00989. The molecule has 1 aromatic heterocycles. The highest BCUT2D eigenvalue weighted by atomic mass is 35.5.